The lowest BCUT2D eigenvalue weighted by Gasteiger charge is -2.14. The maximum Gasteiger partial charge on any atom is 0.319 e. The molecule has 0 bridgehead atoms. The van der Waals surface area contributed by atoms with Crippen LogP contribution >= 0.6 is 0 Å². The Kier molecular flexibility index (Phi) is 2.46. The molecule has 2 N–H and O–H groups in total. The smallest absolute Gasteiger partial charge is 0.319 e. The predicted octanol–water partition coefficient (Wildman–Crippen LogP) is 1.48. The molecule has 0 radical (unpaired) electrons. The first-order chi connectivity index (χ1) is 6.02. The highest BCUT2D eigenvalue weighted by Crippen LogP contribution is 2.18. The Hall–Kier alpha value is -1.65. The van der Waals surface area contributed by atoms with Gasteiger partial charge < -0.3 is 5.73 Å². The molecule has 13 heavy (non-hydrogen) atoms. The Balaban J connectivity index is 3.12. The van der Waals surface area contributed by atoms with Crippen LogP contribution < -0.4 is 10.6 Å². The Morgan fingerprint density at radius 1 is 1.46 bits per heavy atom. The molecule has 0 saturated heterocycles. The highest BCUT2D eigenvalue weighted by Gasteiger charge is 2.12. The molecule has 0 heterocycles. The standard InChI is InChI=1S/C8H8F2N2O/c1-12(8(11)13)7-4-5(9)2-3-6(7)10/h2-4H,1H3,(H2,11,13). The van der Waals surface area contributed by atoms with Crippen LogP contribution in [0.2, 0.25) is 0 Å². The Morgan fingerprint density at radius 2 is 2.08 bits per heavy atom. The minimum Gasteiger partial charge on any atom is -0.351 e. The number of hydrogen-bond donors (Lipinski definition) is 1. The van der Waals surface area contributed by atoms with Crippen LogP contribution in [0.25, 0.3) is 0 Å². The third-order valence-corrected chi connectivity index (χ3v) is 1.60. The van der Waals surface area contributed by atoms with Gasteiger partial charge in [-0.15, -0.1) is 0 Å². The third-order valence-electron chi connectivity index (χ3n) is 1.60. The van der Waals surface area contributed by atoms with Crippen LogP contribution in [0.1, 0.15) is 0 Å². The zero-order valence-electron chi connectivity index (χ0n) is 6.92. The molecule has 0 aliphatic rings. The first kappa shape index (κ1) is 9.44. The fourth-order valence-corrected chi connectivity index (χ4v) is 0.862. The molecule has 5 heteroatoms. The molecule has 70 valence electrons. The Bertz CT molecular complexity index is 341. The van der Waals surface area contributed by atoms with E-state index in [1.54, 1.807) is 0 Å². The largest absolute Gasteiger partial charge is 0.351 e. The first-order valence-corrected chi connectivity index (χ1v) is 3.50. The number of carbonyl (C=O) groups is 1. The number of halogens is 2. The Morgan fingerprint density at radius 3 is 2.62 bits per heavy atom. The van der Waals surface area contributed by atoms with Crippen LogP contribution in [0.5, 0.6) is 0 Å². The van der Waals surface area contributed by atoms with E-state index in [0.717, 1.165) is 23.1 Å². The van der Waals surface area contributed by atoms with Crippen LogP contribution in [0.15, 0.2) is 18.2 Å². The summed E-state index contributed by atoms with van der Waals surface area (Å²) in [5, 5.41) is 0. The van der Waals surface area contributed by atoms with Gasteiger partial charge in [0.2, 0.25) is 0 Å². The summed E-state index contributed by atoms with van der Waals surface area (Å²) >= 11 is 0. The van der Waals surface area contributed by atoms with Gasteiger partial charge in [0.25, 0.3) is 0 Å². The third kappa shape index (κ3) is 1.93. The van der Waals surface area contributed by atoms with Crippen molar-refractivity contribution < 1.29 is 13.6 Å². The average molecular weight is 186 g/mol. The number of rotatable bonds is 1. The number of hydrogen-bond acceptors (Lipinski definition) is 1. The zero-order chi connectivity index (χ0) is 10.0. The summed E-state index contributed by atoms with van der Waals surface area (Å²) in [6.07, 6.45) is 0. The monoisotopic (exact) mass is 186 g/mol. The van der Waals surface area contributed by atoms with Crippen LogP contribution in [-0.2, 0) is 0 Å². The molecular weight excluding hydrogens is 178 g/mol. The molecule has 0 atom stereocenters. The van der Waals surface area contributed by atoms with E-state index in [-0.39, 0.29) is 5.69 Å². The Labute approximate surface area is 73.8 Å². The molecule has 1 aromatic carbocycles. The van der Waals surface area contributed by atoms with Gasteiger partial charge >= 0.3 is 6.03 Å². The van der Waals surface area contributed by atoms with Gasteiger partial charge in [-0.05, 0) is 12.1 Å². The number of urea groups is 1. The number of anilines is 1. The van der Waals surface area contributed by atoms with Crippen molar-refractivity contribution in [3.8, 4) is 0 Å². The second kappa shape index (κ2) is 3.38. The topological polar surface area (TPSA) is 46.3 Å². The summed E-state index contributed by atoms with van der Waals surface area (Å²) in [7, 11) is 1.26. The fourth-order valence-electron chi connectivity index (χ4n) is 0.862. The maximum atomic E-state index is 13.0. The minimum atomic E-state index is -0.843. The molecule has 3 nitrogen and oxygen atoms in total. The predicted molar refractivity (Wildman–Crippen MR) is 44.3 cm³/mol. The number of amides is 2. The van der Waals surface area contributed by atoms with E-state index in [1.165, 1.54) is 7.05 Å². The van der Waals surface area contributed by atoms with Crippen molar-refractivity contribution in [3.63, 3.8) is 0 Å². The van der Waals surface area contributed by atoms with E-state index in [9.17, 15) is 13.6 Å². The lowest BCUT2D eigenvalue weighted by Crippen LogP contribution is -2.32. The van der Waals surface area contributed by atoms with Crippen LogP contribution in [0.3, 0.4) is 0 Å². The summed E-state index contributed by atoms with van der Waals surface area (Å²) in [4.78, 5) is 11.5. The lowest BCUT2D eigenvalue weighted by atomic mass is 10.3. The molecule has 0 aromatic heterocycles. The van der Waals surface area contributed by atoms with Crippen molar-refractivity contribution in [2.45, 2.75) is 0 Å². The molecular formula is C8H8F2N2O. The molecule has 0 unspecified atom stereocenters. The summed E-state index contributed by atoms with van der Waals surface area (Å²) in [6, 6.07) is 1.96. The number of carbonyl (C=O) groups excluding carboxylic acids is 1. The number of nitrogens with two attached hydrogens (primary N) is 1. The molecule has 0 saturated carbocycles. The van der Waals surface area contributed by atoms with E-state index in [1.807, 2.05) is 0 Å². The molecule has 0 spiro atoms. The van der Waals surface area contributed by atoms with Crippen LogP contribution in [0.4, 0.5) is 19.3 Å². The van der Waals surface area contributed by atoms with Gasteiger partial charge in [0, 0.05) is 13.1 Å². The summed E-state index contributed by atoms with van der Waals surface area (Å²) < 4.78 is 25.6. The van der Waals surface area contributed by atoms with Gasteiger partial charge in [-0.2, -0.15) is 0 Å². The summed E-state index contributed by atoms with van der Waals surface area (Å²) in [5.74, 6) is -1.31. The lowest BCUT2D eigenvalue weighted by molar-refractivity contribution is 0.255. The van der Waals surface area contributed by atoms with E-state index < -0.39 is 17.7 Å². The highest BCUT2D eigenvalue weighted by molar-refractivity contribution is 5.90. The van der Waals surface area contributed by atoms with Crippen molar-refractivity contribution in [2.24, 2.45) is 5.73 Å². The van der Waals surface area contributed by atoms with Crippen molar-refractivity contribution >= 4 is 11.7 Å². The second-order valence-corrected chi connectivity index (χ2v) is 2.49. The quantitative estimate of drug-likeness (QED) is 0.709. The van der Waals surface area contributed by atoms with Gasteiger partial charge in [-0.1, -0.05) is 0 Å². The van der Waals surface area contributed by atoms with Gasteiger partial charge in [0.15, 0.2) is 0 Å². The summed E-state index contributed by atoms with van der Waals surface area (Å²) in [6.45, 7) is 0. The van der Waals surface area contributed by atoms with Crippen molar-refractivity contribution in [1.29, 1.82) is 0 Å². The molecule has 1 rings (SSSR count). The van der Waals surface area contributed by atoms with Crippen LogP contribution in [0, 0.1) is 11.6 Å². The second-order valence-electron chi connectivity index (χ2n) is 2.49. The molecule has 0 fully saturated rings. The van der Waals surface area contributed by atoms with Crippen molar-refractivity contribution in [3.05, 3.63) is 29.8 Å². The van der Waals surface area contributed by atoms with Crippen molar-refractivity contribution in [1.82, 2.24) is 0 Å². The molecule has 0 aliphatic heterocycles. The highest BCUT2D eigenvalue weighted by atomic mass is 19.1. The van der Waals surface area contributed by atoms with Gasteiger partial charge in [0.05, 0.1) is 5.69 Å². The molecule has 0 aliphatic carbocycles. The van der Waals surface area contributed by atoms with Gasteiger partial charge in [-0.25, -0.2) is 13.6 Å². The zero-order valence-corrected chi connectivity index (χ0v) is 6.92. The first-order valence-electron chi connectivity index (χ1n) is 3.50. The SMILES string of the molecule is CN(C(N)=O)c1cc(F)ccc1F. The van der Waals surface area contributed by atoms with E-state index in [2.05, 4.69) is 0 Å². The molecule has 1 aromatic rings. The van der Waals surface area contributed by atoms with E-state index >= 15 is 0 Å². The number of primary amides is 1. The number of benzene rings is 1. The normalized spacial score (nSPS) is 9.77. The van der Waals surface area contributed by atoms with E-state index in [0.29, 0.717) is 0 Å². The average Bonchev–Trinajstić information content (AvgIpc) is 2.08. The minimum absolute atomic E-state index is 0.174. The van der Waals surface area contributed by atoms with Crippen LogP contribution in [-0.4, -0.2) is 13.1 Å². The fraction of sp³-hybridized carbons (Fsp3) is 0.125. The summed E-state index contributed by atoms with van der Waals surface area (Å²) in [5.41, 5.74) is 4.71. The maximum absolute atomic E-state index is 13.0. The van der Waals surface area contributed by atoms with E-state index in [4.69, 9.17) is 5.73 Å². The van der Waals surface area contributed by atoms with Crippen molar-refractivity contribution in [2.75, 3.05) is 11.9 Å². The van der Waals surface area contributed by atoms with Gasteiger partial charge in [-0.3, -0.25) is 4.90 Å². The number of nitrogens with zero attached hydrogens (tertiary/aromatic N) is 1. The molecule has 2 amide bonds. The van der Waals surface area contributed by atoms with Gasteiger partial charge in [0.1, 0.15) is 11.6 Å².